The standard InChI is InChI=1S/C29H35NO4/c1-3-19-11-22(10-9-20-13-21(4-2)24(14-20)16-33-17-25-18-34-25)23(12-19)15-30-28(31)26-7-5-6-8-27(26)29(30)32/h3-10,19-25H,1-2,11-18H2/b10-9-. The van der Waals surface area contributed by atoms with Gasteiger partial charge < -0.3 is 9.47 Å². The first-order valence-electron chi connectivity index (χ1n) is 12.6. The minimum Gasteiger partial charge on any atom is -0.378 e. The fraction of sp³-hybridized carbons (Fsp3) is 0.517. The van der Waals surface area contributed by atoms with Gasteiger partial charge in [0.05, 0.1) is 30.9 Å². The van der Waals surface area contributed by atoms with Crippen LogP contribution < -0.4 is 0 Å². The molecule has 5 rings (SSSR count). The van der Waals surface area contributed by atoms with Crippen LogP contribution in [0.3, 0.4) is 0 Å². The molecule has 2 aliphatic heterocycles. The summed E-state index contributed by atoms with van der Waals surface area (Å²) < 4.78 is 11.1. The number of fused-ring (bicyclic) bond motifs is 1. The van der Waals surface area contributed by atoms with E-state index < -0.39 is 0 Å². The highest BCUT2D eigenvalue weighted by Gasteiger charge is 2.40. The summed E-state index contributed by atoms with van der Waals surface area (Å²) in [6.07, 6.45) is 13.4. The topological polar surface area (TPSA) is 59.1 Å². The molecule has 5 nitrogen and oxygen atoms in total. The molecular weight excluding hydrogens is 426 g/mol. The van der Waals surface area contributed by atoms with Crippen LogP contribution in [-0.2, 0) is 9.47 Å². The van der Waals surface area contributed by atoms with E-state index >= 15 is 0 Å². The van der Waals surface area contributed by atoms with Crippen LogP contribution in [0.15, 0.2) is 61.7 Å². The first-order valence-corrected chi connectivity index (χ1v) is 12.6. The third kappa shape index (κ3) is 4.82. The highest BCUT2D eigenvalue weighted by Crippen LogP contribution is 2.42. The molecule has 180 valence electrons. The minimum absolute atomic E-state index is 0.158. The fourth-order valence-electron chi connectivity index (χ4n) is 6.13. The van der Waals surface area contributed by atoms with Gasteiger partial charge in [-0.25, -0.2) is 0 Å². The molecule has 7 atom stereocenters. The maximum Gasteiger partial charge on any atom is 0.261 e. The van der Waals surface area contributed by atoms with Crippen LogP contribution in [0.4, 0.5) is 0 Å². The van der Waals surface area contributed by atoms with Crippen molar-refractivity contribution >= 4 is 11.8 Å². The van der Waals surface area contributed by atoms with Crippen molar-refractivity contribution in [3.8, 4) is 0 Å². The summed E-state index contributed by atoms with van der Waals surface area (Å²) in [5.41, 5.74) is 1.06. The molecule has 4 aliphatic rings. The van der Waals surface area contributed by atoms with E-state index in [2.05, 4.69) is 31.4 Å². The van der Waals surface area contributed by atoms with E-state index in [1.165, 1.54) is 4.90 Å². The summed E-state index contributed by atoms with van der Waals surface area (Å²) >= 11 is 0. The molecule has 3 fully saturated rings. The molecule has 1 aromatic rings. The van der Waals surface area contributed by atoms with Crippen molar-refractivity contribution in [2.45, 2.75) is 31.8 Å². The molecule has 0 radical (unpaired) electrons. The number of amides is 2. The second-order valence-electron chi connectivity index (χ2n) is 10.4. The molecular formula is C29H35NO4. The average Bonchev–Trinajstić information content (AvgIpc) is 3.39. The van der Waals surface area contributed by atoms with E-state index in [9.17, 15) is 9.59 Å². The Morgan fingerprint density at radius 3 is 2.21 bits per heavy atom. The largest absolute Gasteiger partial charge is 0.378 e. The number of nitrogens with zero attached hydrogens (tertiary/aromatic N) is 1. The van der Waals surface area contributed by atoms with Gasteiger partial charge in [0.2, 0.25) is 0 Å². The monoisotopic (exact) mass is 461 g/mol. The molecule has 1 saturated heterocycles. The number of hydrogen-bond donors (Lipinski definition) is 0. The molecule has 0 bridgehead atoms. The number of ether oxygens (including phenoxy) is 2. The van der Waals surface area contributed by atoms with E-state index in [0.717, 1.165) is 38.9 Å². The number of rotatable bonds is 10. The zero-order valence-corrected chi connectivity index (χ0v) is 19.8. The molecule has 2 saturated carbocycles. The van der Waals surface area contributed by atoms with Gasteiger partial charge in [0, 0.05) is 6.54 Å². The number of epoxide rings is 1. The molecule has 0 aromatic heterocycles. The Morgan fingerprint density at radius 1 is 0.882 bits per heavy atom. The lowest BCUT2D eigenvalue weighted by Gasteiger charge is -2.22. The second kappa shape index (κ2) is 10.0. The summed E-state index contributed by atoms with van der Waals surface area (Å²) in [6.45, 7) is 10.8. The molecule has 34 heavy (non-hydrogen) atoms. The summed E-state index contributed by atoms with van der Waals surface area (Å²) in [5, 5.41) is 0. The van der Waals surface area contributed by atoms with E-state index in [1.807, 2.05) is 18.2 Å². The summed E-state index contributed by atoms with van der Waals surface area (Å²) in [4.78, 5) is 27.3. The minimum atomic E-state index is -0.158. The molecule has 5 heteroatoms. The van der Waals surface area contributed by atoms with Crippen LogP contribution in [0.2, 0.25) is 0 Å². The van der Waals surface area contributed by atoms with Gasteiger partial charge >= 0.3 is 0 Å². The Kier molecular flexibility index (Phi) is 6.84. The van der Waals surface area contributed by atoms with Crippen molar-refractivity contribution in [2.24, 2.45) is 35.5 Å². The average molecular weight is 462 g/mol. The van der Waals surface area contributed by atoms with Crippen LogP contribution in [0.1, 0.15) is 46.4 Å². The Hall–Kier alpha value is -2.50. The van der Waals surface area contributed by atoms with Gasteiger partial charge in [0.1, 0.15) is 6.10 Å². The van der Waals surface area contributed by atoms with Crippen LogP contribution in [-0.4, -0.2) is 49.2 Å². The van der Waals surface area contributed by atoms with Crippen LogP contribution >= 0.6 is 0 Å². The van der Waals surface area contributed by atoms with Gasteiger partial charge in [-0.2, -0.15) is 0 Å². The SMILES string of the molecule is C=CC1CC(/C=C\C2CC(C=C)C(COCC3CO3)C2)C(CN2C(=O)c3ccccc3C2=O)C1. The molecule has 0 spiro atoms. The first kappa shape index (κ1) is 23.3. The number of imide groups is 1. The van der Waals surface area contributed by atoms with Crippen molar-refractivity contribution < 1.29 is 19.1 Å². The van der Waals surface area contributed by atoms with Crippen molar-refractivity contribution in [1.82, 2.24) is 4.90 Å². The zero-order chi connectivity index (χ0) is 23.7. The van der Waals surface area contributed by atoms with Gasteiger partial charge in [-0.1, -0.05) is 36.4 Å². The maximum atomic E-state index is 12.9. The number of benzene rings is 1. The lowest BCUT2D eigenvalue weighted by atomic mass is 9.93. The Labute approximate surface area is 202 Å². The summed E-state index contributed by atoms with van der Waals surface area (Å²) in [7, 11) is 0. The quantitative estimate of drug-likeness (QED) is 0.282. The highest BCUT2D eigenvalue weighted by atomic mass is 16.6. The van der Waals surface area contributed by atoms with Crippen LogP contribution in [0.25, 0.3) is 0 Å². The second-order valence-corrected chi connectivity index (χ2v) is 10.4. The highest BCUT2D eigenvalue weighted by molar-refractivity contribution is 6.21. The van der Waals surface area contributed by atoms with Crippen molar-refractivity contribution in [3.05, 3.63) is 72.9 Å². The zero-order valence-electron chi connectivity index (χ0n) is 19.8. The van der Waals surface area contributed by atoms with Gasteiger partial charge in [-0.3, -0.25) is 14.5 Å². The van der Waals surface area contributed by atoms with Crippen LogP contribution in [0.5, 0.6) is 0 Å². The van der Waals surface area contributed by atoms with E-state index in [4.69, 9.17) is 9.47 Å². The van der Waals surface area contributed by atoms with Gasteiger partial charge in [0.15, 0.2) is 0 Å². The third-order valence-corrected chi connectivity index (χ3v) is 8.17. The molecule has 2 amide bonds. The fourth-order valence-corrected chi connectivity index (χ4v) is 6.13. The number of hydrogen-bond acceptors (Lipinski definition) is 4. The Balaban J connectivity index is 1.21. The molecule has 1 aromatic carbocycles. The molecule has 0 N–H and O–H groups in total. The van der Waals surface area contributed by atoms with Crippen molar-refractivity contribution in [3.63, 3.8) is 0 Å². The smallest absolute Gasteiger partial charge is 0.261 e. The predicted octanol–water partition coefficient (Wildman–Crippen LogP) is 4.91. The number of allylic oxidation sites excluding steroid dienone is 4. The van der Waals surface area contributed by atoms with E-state index in [-0.39, 0.29) is 17.7 Å². The Bertz CT molecular complexity index is 945. The molecule has 2 heterocycles. The van der Waals surface area contributed by atoms with Crippen LogP contribution in [0, 0.1) is 35.5 Å². The number of carbonyl (C=O) groups is 2. The van der Waals surface area contributed by atoms with E-state index in [0.29, 0.717) is 60.0 Å². The normalized spacial score (nSPS) is 34.7. The lowest BCUT2D eigenvalue weighted by Crippen LogP contribution is -2.35. The molecule has 2 aliphatic carbocycles. The van der Waals surface area contributed by atoms with E-state index in [1.54, 1.807) is 12.1 Å². The summed E-state index contributed by atoms with van der Waals surface area (Å²) in [6, 6.07) is 7.14. The van der Waals surface area contributed by atoms with Gasteiger partial charge in [-0.15, -0.1) is 13.2 Å². The molecule has 7 unspecified atom stereocenters. The third-order valence-electron chi connectivity index (χ3n) is 8.17. The van der Waals surface area contributed by atoms with Crippen molar-refractivity contribution in [1.29, 1.82) is 0 Å². The Morgan fingerprint density at radius 2 is 1.56 bits per heavy atom. The van der Waals surface area contributed by atoms with Gasteiger partial charge in [-0.05, 0) is 73.3 Å². The van der Waals surface area contributed by atoms with Crippen molar-refractivity contribution in [2.75, 3.05) is 26.4 Å². The predicted molar refractivity (Wildman–Crippen MR) is 131 cm³/mol. The maximum absolute atomic E-state index is 12.9. The number of carbonyl (C=O) groups excluding carboxylic acids is 2. The summed E-state index contributed by atoms with van der Waals surface area (Å²) in [5.74, 6) is 2.20. The first-order chi connectivity index (χ1) is 16.6. The van der Waals surface area contributed by atoms with Gasteiger partial charge in [0.25, 0.3) is 11.8 Å². The lowest BCUT2D eigenvalue weighted by molar-refractivity contribution is 0.0622.